The third-order valence-electron chi connectivity index (χ3n) is 4.18. The molecule has 4 heteroatoms. The molecule has 0 aromatic heterocycles. The van der Waals surface area contributed by atoms with Crippen molar-refractivity contribution in [2.75, 3.05) is 12.4 Å². The lowest BCUT2D eigenvalue weighted by Crippen LogP contribution is -2.21. The fourth-order valence-corrected chi connectivity index (χ4v) is 2.95. The van der Waals surface area contributed by atoms with Gasteiger partial charge in [-0.25, -0.2) is 0 Å². The van der Waals surface area contributed by atoms with Crippen LogP contribution in [0.3, 0.4) is 0 Å². The van der Waals surface area contributed by atoms with E-state index in [0.717, 1.165) is 6.42 Å². The lowest BCUT2D eigenvalue weighted by Gasteiger charge is -2.21. The molecule has 1 aromatic rings. The maximum Gasteiger partial charge on any atom is 0.253 e. The van der Waals surface area contributed by atoms with E-state index in [1.54, 1.807) is 25.2 Å². The van der Waals surface area contributed by atoms with E-state index in [-0.39, 0.29) is 11.8 Å². The Morgan fingerprint density at radius 3 is 2.57 bits per heavy atom. The molecule has 1 aliphatic carbocycles. The molecule has 21 heavy (non-hydrogen) atoms. The van der Waals surface area contributed by atoms with Crippen LogP contribution in [0.1, 0.15) is 55.3 Å². The number of carbonyl (C=O) groups excluding carboxylic acids is 2. The van der Waals surface area contributed by atoms with Crippen molar-refractivity contribution >= 4 is 17.5 Å². The minimum atomic E-state index is -0.182. The van der Waals surface area contributed by atoms with Gasteiger partial charge >= 0.3 is 0 Å². The van der Waals surface area contributed by atoms with Crippen LogP contribution in [0.5, 0.6) is 0 Å². The summed E-state index contributed by atoms with van der Waals surface area (Å²) in [6.45, 7) is 0. The second kappa shape index (κ2) is 7.81. The average Bonchev–Trinajstić information content (AvgIpc) is 2.54. The minimum Gasteiger partial charge on any atom is -0.355 e. The largest absolute Gasteiger partial charge is 0.355 e. The summed E-state index contributed by atoms with van der Waals surface area (Å²) in [7, 11) is 1.59. The molecule has 114 valence electrons. The van der Waals surface area contributed by atoms with Crippen molar-refractivity contribution in [1.82, 2.24) is 5.32 Å². The van der Waals surface area contributed by atoms with Crippen LogP contribution in [0.25, 0.3) is 0 Å². The van der Waals surface area contributed by atoms with Gasteiger partial charge in [0.05, 0.1) is 11.3 Å². The zero-order chi connectivity index (χ0) is 15.1. The van der Waals surface area contributed by atoms with Crippen molar-refractivity contribution in [3.63, 3.8) is 0 Å². The summed E-state index contributed by atoms with van der Waals surface area (Å²) in [5.74, 6) is 0.508. The molecule has 0 radical (unpaired) electrons. The topological polar surface area (TPSA) is 58.2 Å². The van der Waals surface area contributed by atoms with Gasteiger partial charge in [0.1, 0.15) is 0 Å². The third-order valence-corrected chi connectivity index (χ3v) is 4.18. The van der Waals surface area contributed by atoms with Crippen LogP contribution in [-0.4, -0.2) is 18.9 Å². The molecular weight excluding hydrogens is 264 g/mol. The third kappa shape index (κ3) is 4.59. The molecule has 0 heterocycles. The number of amides is 2. The Kier molecular flexibility index (Phi) is 5.78. The highest BCUT2D eigenvalue weighted by molar-refractivity contribution is 6.03. The fourth-order valence-electron chi connectivity index (χ4n) is 2.95. The molecule has 0 saturated heterocycles. The van der Waals surface area contributed by atoms with Crippen molar-refractivity contribution in [3.05, 3.63) is 29.8 Å². The Morgan fingerprint density at radius 2 is 1.86 bits per heavy atom. The van der Waals surface area contributed by atoms with E-state index >= 15 is 0 Å². The summed E-state index contributed by atoms with van der Waals surface area (Å²) in [6.07, 6.45) is 7.92. The number of nitrogens with one attached hydrogen (secondary N) is 2. The number of rotatable bonds is 5. The van der Waals surface area contributed by atoms with Crippen molar-refractivity contribution < 1.29 is 9.59 Å². The number of hydrogen-bond donors (Lipinski definition) is 2. The maximum atomic E-state index is 12.1. The van der Waals surface area contributed by atoms with Crippen LogP contribution in [0.4, 0.5) is 5.69 Å². The Bertz CT molecular complexity index is 493. The highest BCUT2D eigenvalue weighted by Crippen LogP contribution is 2.27. The van der Waals surface area contributed by atoms with E-state index in [9.17, 15) is 9.59 Å². The molecule has 4 nitrogen and oxygen atoms in total. The van der Waals surface area contributed by atoms with Crippen molar-refractivity contribution in [2.45, 2.75) is 44.9 Å². The normalized spacial score (nSPS) is 15.5. The summed E-state index contributed by atoms with van der Waals surface area (Å²) in [6, 6.07) is 7.10. The van der Waals surface area contributed by atoms with E-state index in [4.69, 9.17) is 0 Å². The van der Waals surface area contributed by atoms with E-state index in [0.29, 0.717) is 23.6 Å². The van der Waals surface area contributed by atoms with Gasteiger partial charge in [-0.3, -0.25) is 9.59 Å². The molecule has 2 N–H and O–H groups in total. The Balaban J connectivity index is 1.88. The number of benzene rings is 1. The lowest BCUT2D eigenvalue weighted by molar-refractivity contribution is -0.116. The fraction of sp³-hybridized carbons (Fsp3) is 0.529. The number of para-hydroxylation sites is 1. The molecule has 0 unspecified atom stereocenters. The Hall–Kier alpha value is -1.84. The van der Waals surface area contributed by atoms with Crippen LogP contribution < -0.4 is 10.6 Å². The van der Waals surface area contributed by atoms with Gasteiger partial charge in [-0.15, -0.1) is 0 Å². The van der Waals surface area contributed by atoms with Gasteiger partial charge in [-0.05, 0) is 24.5 Å². The minimum absolute atomic E-state index is 0.00285. The van der Waals surface area contributed by atoms with E-state index in [1.807, 2.05) is 6.07 Å². The molecule has 0 aliphatic heterocycles. The van der Waals surface area contributed by atoms with Crippen molar-refractivity contribution in [1.29, 1.82) is 0 Å². The summed E-state index contributed by atoms with van der Waals surface area (Å²) >= 11 is 0. The first-order valence-electron chi connectivity index (χ1n) is 7.81. The van der Waals surface area contributed by atoms with Gasteiger partial charge in [-0.1, -0.05) is 44.2 Å². The van der Waals surface area contributed by atoms with E-state index in [1.165, 1.54) is 32.1 Å². The molecule has 0 spiro atoms. The SMILES string of the molecule is CNC(=O)c1ccccc1NC(=O)CCC1CCCCC1. The predicted octanol–water partition coefficient (Wildman–Crippen LogP) is 3.35. The Labute approximate surface area is 126 Å². The predicted molar refractivity (Wildman–Crippen MR) is 84.3 cm³/mol. The lowest BCUT2D eigenvalue weighted by atomic mass is 9.86. The zero-order valence-electron chi connectivity index (χ0n) is 12.7. The van der Waals surface area contributed by atoms with Crippen molar-refractivity contribution in [2.24, 2.45) is 5.92 Å². The summed E-state index contributed by atoms with van der Waals surface area (Å²) in [4.78, 5) is 23.8. The van der Waals surface area contributed by atoms with Gasteiger partial charge in [0.2, 0.25) is 5.91 Å². The van der Waals surface area contributed by atoms with Gasteiger partial charge in [0.15, 0.2) is 0 Å². The molecule has 1 aliphatic rings. The van der Waals surface area contributed by atoms with E-state index in [2.05, 4.69) is 10.6 Å². The zero-order valence-corrected chi connectivity index (χ0v) is 12.7. The first kappa shape index (κ1) is 15.5. The van der Waals surface area contributed by atoms with Gasteiger partial charge < -0.3 is 10.6 Å². The summed E-state index contributed by atoms with van der Waals surface area (Å²) in [5, 5.41) is 5.45. The molecule has 0 bridgehead atoms. The van der Waals surface area contributed by atoms with Crippen LogP contribution in [-0.2, 0) is 4.79 Å². The molecule has 1 fully saturated rings. The molecule has 1 saturated carbocycles. The summed E-state index contributed by atoms with van der Waals surface area (Å²) in [5.41, 5.74) is 1.09. The van der Waals surface area contributed by atoms with Crippen LogP contribution in [0, 0.1) is 5.92 Å². The quantitative estimate of drug-likeness (QED) is 0.873. The van der Waals surface area contributed by atoms with Gasteiger partial charge in [0, 0.05) is 13.5 Å². The highest BCUT2D eigenvalue weighted by atomic mass is 16.2. The molecular formula is C17H24N2O2. The molecule has 2 rings (SSSR count). The van der Waals surface area contributed by atoms with E-state index < -0.39 is 0 Å². The molecule has 1 aromatic carbocycles. The smallest absolute Gasteiger partial charge is 0.253 e. The first-order chi connectivity index (χ1) is 10.2. The van der Waals surface area contributed by atoms with Gasteiger partial charge in [0.25, 0.3) is 5.91 Å². The van der Waals surface area contributed by atoms with Gasteiger partial charge in [-0.2, -0.15) is 0 Å². The maximum absolute atomic E-state index is 12.1. The Morgan fingerprint density at radius 1 is 1.14 bits per heavy atom. The standard InChI is InChI=1S/C17H24N2O2/c1-18-17(21)14-9-5-6-10-15(14)19-16(20)12-11-13-7-3-2-4-8-13/h5-6,9-10,13H,2-4,7-8,11-12H2,1H3,(H,18,21)(H,19,20). The number of anilines is 1. The first-order valence-corrected chi connectivity index (χ1v) is 7.81. The van der Waals surface area contributed by atoms with Crippen LogP contribution >= 0.6 is 0 Å². The number of hydrogen-bond acceptors (Lipinski definition) is 2. The molecule has 2 amide bonds. The summed E-state index contributed by atoms with van der Waals surface area (Å²) < 4.78 is 0. The van der Waals surface area contributed by atoms with Crippen LogP contribution in [0.2, 0.25) is 0 Å². The second-order valence-corrected chi connectivity index (χ2v) is 5.72. The highest BCUT2D eigenvalue weighted by Gasteiger charge is 2.16. The second-order valence-electron chi connectivity index (χ2n) is 5.72. The van der Waals surface area contributed by atoms with Crippen molar-refractivity contribution in [3.8, 4) is 0 Å². The monoisotopic (exact) mass is 288 g/mol. The van der Waals surface area contributed by atoms with Crippen LogP contribution in [0.15, 0.2) is 24.3 Å². The number of carbonyl (C=O) groups is 2. The average molecular weight is 288 g/mol. The molecule has 0 atom stereocenters.